The topological polar surface area (TPSA) is 77.0 Å². The molecule has 0 bridgehead atoms. The van der Waals surface area contributed by atoms with Crippen molar-refractivity contribution in [1.29, 1.82) is 0 Å². The number of nitrogens with zero attached hydrogens (tertiary/aromatic N) is 2. The molecule has 1 aromatic carbocycles. The summed E-state index contributed by atoms with van der Waals surface area (Å²) in [5.41, 5.74) is 3.89. The van der Waals surface area contributed by atoms with Gasteiger partial charge in [0.25, 0.3) is 0 Å². The van der Waals surface area contributed by atoms with E-state index < -0.39 is 5.82 Å². The van der Waals surface area contributed by atoms with Gasteiger partial charge in [-0.1, -0.05) is 18.2 Å². The van der Waals surface area contributed by atoms with Crippen molar-refractivity contribution >= 4 is 16.8 Å². The summed E-state index contributed by atoms with van der Waals surface area (Å²) in [6, 6.07) is 7.50. The predicted octanol–water partition coefficient (Wildman–Crippen LogP) is 2.62. The van der Waals surface area contributed by atoms with Crippen LogP contribution in [0.2, 0.25) is 0 Å². The molecule has 0 aliphatic heterocycles. The van der Waals surface area contributed by atoms with Crippen LogP contribution in [0.4, 0.5) is 10.2 Å². The number of hydrogen-bond acceptors (Lipinski definition) is 5. The second-order valence-electron chi connectivity index (χ2n) is 4.09. The highest BCUT2D eigenvalue weighted by molar-refractivity contribution is 5.92. The van der Waals surface area contributed by atoms with Gasteiger partial charge in [0.05, 0.1) is 11.3 Å². The van der Waals surface area contributed by atoms with Crippen molar-refractivity contribution in [2.45, 2.75) is 6.92 Å². The summed E-state index contributed by atoms with van der Waals surface area (Å²) in [5.74, 6) is 5.03. The quantitative estimate of drug-likeness (QED) is 0.545. The summed E-state index contributed by atoms with van der Waals surface area (Å²) in [6.07, 6.45) is 1.55. The number of nitrogens with one attached hydrogen (secondary N) is 1. The number of aromatic nitrogens is 2. The van der Waals surface area contributed by atoms with E-state index in [9.17, 15) is 4.39 Å². The molecule has 3 aromatic rings. The van der Waals surface area contributed by atoms with E-state index in [1.165, 1.54) is 0 Å². The molecule has 0 unspecified atom stereocenters. The van der Waals surface area contributed by atoms with Gasteiger partial charge in [-0.05, 0) is 13.0 Å². The van der Waals surface area contributed by atoms with Gasteiger partial charge in [0.2, 0.25) is 0 Å². The number of aryl methyl sites for hydroxylation is 1. The Labute approximate surface area is 108 Å². The number of fused-ring (bicyclic) bond motifs is 1. The Kier molecular flexibility index (Phi) is 2.64. The number of para-hydroxylation sites is 1. The van der Waals surface area contributed by atoms with Crippen molar-refractivity contribution in [1.82, 2.24) is 9.97 Å². The summed E-state index contributed by atoms with van der Waals surface area (Å²) < 4.78 is 19.1. The number of nitrogen functional groups attached to an aromatic ring is 1. The molecule has 0 aliphatic rings. The van der Waals surface area contributed by atoms with Crippen molar-refractivity contribution in [2.75, 3.05) is 5.43 Å². The average molecular weight is 258 g/mol. The highest BCUT2D eigenvalue weighted by atomic mass is 19.1. The van der Waals surface area contributed by atoms with Crippen molar-refractivity contribution in [3.05, 3.63) is 42.0 Å². The van der Waals surface area contributed by atoms with Gasteiger partial charge in [-0.3, -0.25) is 0 Å². The standard InChI is InChI=1S/C13H11FN4O/c1-7-11(14)13(18-15)17-12(16-7)9-6-19-10-5-3-2-4-8(9)10/h2-6H,15H2,1H3,(H,16,17,18). The fourth-order valence-electron chi connectivity index (χ4n) is 1.93. The lowest BCUT2D eigenvalue weighted by atomic mass is 10.1. The zero-order valence-electron chi connectivity index (χ0n) is 10.1. The molecular formula is C13H11FN4O. The minimum absolute atomic E-state index is 0.0345. The van der Waals surface area contributed by atoms with Crippen LogP contribution < -0.4 is 11.3 Å². The first-order valence-corrected chi connectivity index (χ1v) is 5.68. The van der Waals surface area contributed by atoms with E-state index in [0.717, 1.165) is 11.0 Å². The molecule has 96 valence electrons. The van der Waals surface area contributed by atoms with Gasteiger partial charge in [0.15, 0.2) is 17.5 Å². The summed E-state index contributed by atoms with van der Waals surface area (Å²) in [5, 5.41) is 0.872. The fraction of sp³-hybridized carbons (Fsp3) is 0.0769. The van der Waals surface area contributed by atoms with Crippen LogP contribution in [-0.2, 0) is 0 Å². The molecule has 0 spiro atoms. The third-order valence-corrected chi connectivity index (χ3v) is 2.88. The number of rotatable bonds is 2. The predicted molar refractivity (Wildman–Crippen MR) is 69.7 cm³/mol. The molecular weight excluding hydrogens is 247 g/mol. The lowest BCUT2D eigenvalue weighted by molar-refractivity contribution is 0.604. The Balaban J connectivity index is 2.24. The van der Waals surface area contributed by atoms with E-state index >= 15 is 0 Å². The van der Waals surface area contributed by atoms with Gasteiger partial charge < -0.3 is 9.84 Å². The van der Waals surface area contributed by atoms with Crippen LogP contribution in [0, 0.1) is 12.7 Å². The molecule has 0 atom stereocenters. The Hall–Kier alpha value is -2.47. The number of halogens is 1. The number of hydrogen-bond donors (Lipinski definition) is 2. The zero-order chi connectivity index (χ0) is 13.4. The van der Waals surface area contributed by atoms with Crippen molar-refractivity contribution < 1.29 is 8.81 Å². The molecule has 2 aromatic heterocycles. The Morgan fingerprint density at radius 1 is 1.26 bits per heavy atom. The fourth-order valence-corrected chi connectivity index (χ4v) is 1.93. The van der Waals surface area contributed by atoms with E-state index in [0.29, 0.717) is 11.4 Å². The van der Waals surface area contributed by atoms with Crippen molar-refractivity contribution in [3.8, 4) is 11.4 Å². The van der Waals surface area contributed by atoms with Crippen molar-refractivity contribution in [2.24, 2.45) is 5.84 Å². The summed E-state index contributed by atoms with van der Waals surface area (Å²) >= 11 is 0. The minimum Gasteiger partial charge on any atom is -0.464 e. The second kappa shape index (κ2) is 4.33. The van der Waals surface area contributed by atoms with E-state index in [1.807, 2.05) is 24.3 Å². The molecule has 0 amide bonds. The van der Waals surface area contributed by atoms with Crippen LogP contribution in [0.3, 0.4) is 0 Å². The number of nitrogens with two attached hydrogens (primary N) is 1. The van der Waals surface area contributed by atoms with Crippen LogP contribution in [0.15, 0.2) is 34.9 Å². The number of hydrazine groups is 1. The molecule has 5 nitrogen and oxygen atoms in total. The van der Waals surface area contributed by atoms with Gasteiger partial charge >= 0.3 is 0 Å². The highest BCUT2D eigenvalue weighted by Crippen LogP contribution is 2.29. The van der Waals surface area contributed by atoms with E-state index in [-0.39, 0.29) is 11.5 Å². The maximum absolute atomic E-state index is 13.6. The van der Waals surface area contributed by atoms with Crippen LogP contribution in [-0.4, -0.2) is 9.97 Å². The molecule has 0 saturated carbocycles. The number of benzene rings is 1. The molecule has 3 rings (SSSR count). The van der Waals surface area contributed by atoms with E-state index in [1.54, 1.807) is 13.2 Å². The maximum atomic E-state index is 13.6. The first-order valence-electron chi connectivity index (χ1n) is 5.68. The molecule has 0 fully saturated rings. The van der Waals surface area contributed by atoms with Crippen LogP contribution in [0.5, 0.6) is 0 Å². The zero-order valence-corrected chi connectivity index (χ0v) is 10.1. The largest absolute Gasteiger partial charge is 0.464 e. The van der Waals surface area contributed by atoms with Crippen LogP contribution in [0.25, 0.3) is 22.4 Å². The van der Waals surface area contributed by atoms with Gasteiger partial charge in [0, 0.05) is 5.39 Å². The lowest BCUT2D eigenvalue weighted by Gasteiger charge is -2.06. The SMILES string of the molecule is Cc1nc(-c2coc3ccccc23)nc(NN)c1F. The monoisotopic (exact) mass is 258 g/mol. The molecule has 0 aliphatic carbocycles. The maximum Gasteiger partial charge on any atom is 0.187 e. The summed E-state index contributed by atoms with van der Waals surface area (Å²) in [4.78, 5) is 8.19. The van der Waals surface area contributed by atoms with Gasteiger partial charge in [0.1, 0.15) is 11.8 Å². The molecule has 3 N–H and O–H groups in total. The summed E-state index contributed by atoms with van der Waals surface area (Å²) in [7, 11) is 0. The third-order valence-electron chi connectivity index (χ3n) is 2.88. The Morgan fingerprint density at radius 2 is 2.05 bits per heavy atom. The first kappa shape index (κ1) is 11.6. The highest BCUT2D eigenvalue weighted by Gasteiger charge is 2.15. The van der Waals surface area contributed by atoms with E-state index in [4.69, 9.17) is 10.3 Å². The average Bonchev–Trinajstić information content (AvgIpc) is 2.85. The molecule has 6 heteroatoms. The minimum atomic E-state index is -0.556. The Morgan fingerprint density at radius 3 is 2.84 bits per heavy atom. The lowest BCUT2D eigenvalue weighted by Crippen LogP contribution is -2.12. The molecule has 19 heavy (non-hydrogen) atoms. The number of furan rings is 1. The smallest absolute Gasteiger partial charge is 0.187 e. The second-order valence-corrected chi connectivity index (χ2v) is 4.09. The van der Waals surface area contributed by atoms with Gasteiger partial charge in [-0.2, -0.15) is 0 Å². The molecule has 2 heterocycles. The summed E-state index contributed by atoms with van der Waals surface area (Å²) in [6.45, 7) is 1.56. The van der Waals surface area contributed by atoms with Gasteiger partial charge in [-0.15, -0.1) is 0 Å². The van der Waals surface area contributed by atoms with Crippen LogP contribution in [0.1, 0.15) is 5.69 Å². The third kappa shape index (κ3) is 1.82. The van der Waals surface area contributed by atoms with Crippen molar-refractivity contribution in [3.63, 3.8) is 0 Å². The van der Waals surface area contributed by atoms with Crippen LogP contribution >= 0.6 is 0 Å². The molecule has 0 radical (unpaired) electrons. The van der Waals surface area contributed by atoms with E-state index in [2.05, 4.69) is 15.4 Å². The van der Waals surface area contributed by atoms with Gasteiger partial charge in [-0.25, -0.2) is 20.2 Å². The number of anilines is 1. The first-order chi connectivity index (χ1) is 9.20. The Bertz CT molecular complexity index is 753. The normalized spacial score (nSPS) is 10.9. The molecule has 0 saturated heterocycles.